The maximum atomic E-state index is 12.7. The molecule has 0 aliphatic carbocycles. The average Bonchev–Trinajstić information content (AvgIpc) is 2.89. The van der Waals surface area contributed by atoms with Crippen LogP contribution in [0.4, 0.5) is 5.69 Å². The molecule has 0 spiro atoms. The summed E-state index contributed by atoms with van der Waals surface area (Å²) in [5.41, 5.74) is 2.19. The monoisotopic (exact) mass is 289 g/mol. The highest BCUT2D eigenvalue weighted by atomic mass is 16.2. The summed E-state index contributed by atoms with van der Waals surface area (Å²) in [5, 5.41) is 3.23. The number of likely N-dealkylation sites (N-methyl/N-ethyl adjacent to an activating group) is 2. The summed E-state index contributed by atoms with van der Waals surface area (Å²) in [5.74, 6) is 0.204. The van der Waals surface area contributed by atoms with E-state index >= 15 is 0 Å². The molecule has 2 rings (SSSR count). The number of carbonyl (C=O) groups is 1. The van der Waals surface area contributed by atoms with Gasteiger partial charge in [0.25, 0.3) is 0 Å². The lowest BCUT2D eigenvalue weighted by atomic mass is 10.1. The summed E-state index contributed by atoms with van der Waals surface area (Å²) >= 11 is 0. The number of rotatable bonds is 6. The summed E-state index contributed by atoms with van der Waals surface area (Å²) < 4.78 is 0. The van der Waals surface area contributed by atoms with Gasteiger partial charge in [0, 0.05) is 24.8 Å². The SMILES string of the molecule is CCN(C(=O)CN1CCCC1CNC)c1ccccc1C. The number of hydrogen-bond donors (Lipinski definition) is 1. The number of nitrogens with zero attached hydrogens (tertiary/aromatic N) is 2. The molecule has 21 heavy (non-hydrogen) atoms. The van der Waals surface area contributed by atoms with Crippen LogP contribution in [0.5, 0.6) is 0 Å². The van der Waals surface area contributed by atoms with E-state index < -0.39 is 0 Å². The molecular weight excluding hydrogens is 262 g/mol. The van der Waals surface area contributed by atoms with Crippen molar-refractivity contribution in [1.82, 2.24) is 10.2 Å². The smallest absolute Gasteiger partial charge is 0.241 e. The van der Waals surface area contributed by atoms with Crippen LogP contribution in [0.25, 0.3) is 0 Å². The number of nitrogens with one attached hydrogen (secondary N) is 1. The number of benzene rings is 1. The Kier molecular flexibility index (Phi) is 5.76. The van der Waals surface area contributed by atoms with E-state index in [0.717, 1.165) is 24.3 Å². The van der Waals surface area contributed by atoms with Crippen LogP contribution in [0.15, 0.2) is 24.3 Å². The fourth-order valence-electron chi connectivity index (χ4n) is 3.18. The fourth-order valence-corrected chi connectivity index (χ4v) is 3.18. The van der Waals surface area contributed by atoms with Crippen molar-refractivity contribution in [1.29, 1.82) is 0 Å². The standard InChI is InChI=1S/C17H27N3O/c1-4-20(16-10-6-5-8-14(16)2)17(21)13-19-11-7-9-15(19)12-18-3/h5-6,8,10,15,18H,4,7,9,11-13H2,1-3H3. The maximum Gasteiger partial charge on any atom is 0.241 e. The van der Waals surface area contributed by atoms with Gasteiger partial charge in [-0.15, -0.1) is 0 Å². The molecule has 1 heterocycles. The first-order valence-electron chi connectivity index (χ1n) is 7.92. The molecule has 4 heteroatoms. The third kappa shape index (κ3) is 3.83. The summed E-state index contributed by atoms with van der Waals surface area (Å²) in [6, 6.07) is 8.60. The lowest BCUT2D eigenvalue weighted by molar-refractivity contribution is -0.119. The summed E-state index contributed by atoms with van der Waals surface area (Å²) in [7, 11) is 1.98. The van der Waals surface area contributed by atoms with Gasteiger partial charge < -0.3 is 10.2 Å². The quantitative estimate of drug-likeness (QED) is 0.870. The highest BCUT2D eigenvalue weighted by Gasteiger charge is 2.27. The van der Waals surface area contributed by atoms with Crippen LogP contribution in [0.1, 0.15) is 25.3 Å². The van der Waals surface area contributed by atoms with Gasteiger partial charge in [0.1, 0.15) is 0 Å². The Labute approximate surface area is 128 Å². The van der Waals surface area contributed by atoms with Gasteiger partial charge in [-0.3, -0.25) is 9.69 Å². The zero-order chi connectivity index (χ0) is 15.2. The van der Waals surface area contributed by atoms with Gasteiger partial charge in [-0.1, -0.05) is 18.2 Å². The van der Waals surface area contributed by atoms with Gasteiger partial charge in [-0.05, 0) is 51.9 Å². The minimum Gasteiger partial charge on any atom is -0.318 e. The molecule has 4 nitrogen and oxygen atoms in total. The van der Waals surface area contributed by atoms with Crippen LogP contribution in [-0.4, -0.2) is 50.1 Å². The van der Waals surface area contributed by atoms with Gasteiger partial charge in [-0.2, -0.15) is 0 Å². The van der Waals surface area contributed by atoms with Gasteiger partial charge in [0.2, 0.25) is 5.91 Å². The van der Waals surface area contributed by atoms with Crippen LogP contribution in [0.2, 0.25) is 0 Å². The Bertz CT molecular complexity index is 475. The molecule has 1 saturated heterocycles. The topological polar surface area (TPSA) is 35.6 Å². The van der Waals surface area contributed by atoms with Crippen LogP contribution >= 0.6 is 0 Å². The van der Waals surface area contributed by atoms with Crippen LogP contribution in [0, 0.1) is 6.92 Å². The minimum atomic E-state index is 0.204. The van der Waals surface area contributed by atoms with Gasteiger partial charge in [0.15, 0.2) is 0 Å². The first-order valence-corrected chi connectivity index (χ1v) is 7.92. The number of likely N-dealkylation sites (tertiary alicyclic amines) is 1. The largest absolute Gasteiger partial charge is 0.318 e. The molecule has 1 aliphatic rings. The van der Waals surface area contributed by atoms with Crippen LogP contribution < -0.4 is 10.2 Å². The second-order valence-corrected chi connectivity index (χ2v) is 5.75. The predicted octanol–water partition coefficient (Wildman–Crippen LogP) is 2.03. The van der Waals surface area contributed by atoms with Gasteiger partial charge in [0.05, 0.1) is 6.54 Å². The molecule has 1 amide bonds. The van der Waals surface area contributed by atoms with Crippen molar-refractivity contribution in [3.05, 3.63) is 29.8 Å². The van der Waals surface area contributed by atoms with Crippen molar-refractivity contribution in [2.45, 2.75) is 32.7 Å². The zero-order valence-electron chi connectivity index (χ0n) is 13.4. The van der Waals surface area contributed by atoms with E-state index in [9.17, 15) is 4.79 Å². The van der Waals surface area contributed by atoms with Crippen LogP contribution in [0.3, 0.4) is 0 Å². The normalized spacial score (nSPS) is 18.9. The number of hydrogen-bond acceptors (Lipinski definition) is 3. The van der Waals surface area contributed by atoms with Crippen molar-refractivity contribution < 1.29 is 4.79 Å². The maximum absolute atomic E-state index is 12.7. The number of amides is 1. The van der Waals surface area contributed by atoms with E-state index in [1.54, 1.807) is 0 Å². The summed E-state index contributed by atoms with van der Waals surface area (Å²) in [6.45, 7) is 7.33. The molecule has 0 aromatic heterocycles. The lowest BCUT2D eigenvalue weighted by Crippen LogP contribution is -2.45. The van der Waals surface area contributed by atoms with E-state index in [1.165, 1.54) is 12.8 Å². The second kappa shape index (κ2) is 7.57. The summed E-state index contributed by atoms with van der Waals surface area (Å²) in [4.78, 5) is 16.9. The third-order valence-electron chi connectivity index (χ3n) is 4.30. The Hall–Kier alpha value is -1.39. The fraction of sp³-hybridized carbons (Fsp3) is 0.588. The van der Waals surface area contributed by atoms with Gasteiger partial charge >= 0.3 is 0 Å². The molecule has 1 aromatic rings. The highest BCUT2D eigenvalue weighted by molar-refractivity contribution is 5.95. The molecule has 0 bridgehead atoms. The second-order valence-electron chi connectivity index (χ2n) is 5.75. The van der Waals surface area contributed by atoms with Crippen molar-refractivity contribution >= 4 is 11.6 Å². The van der Waals surface area contributed by atoms with E-state index in [1.807, 2.05) is 37.1 Å². The van der Waals surface area contributed by atoms with Crippen molar-refractivity contribution in [3.8, 4) is 0 Å². The van der Waals surface area contributed by atoms with E-state index in [-0.39, 0.29) is 5.91 Å². The predicted molar refractivity (Wildman–Crippen MR) is 87.7 cm³/mol. The number of aryl methyl sites for hydroxylation is 1. The molecule has 1 N–H and O–H groups in total. The molecule has 1 aliphatic heterocycles. The molecule has 1 fully saturated rings. The van der Waals surface area contributed by atoms with E-state index in [0.29, 0.717) is 19.1 Å². The number of para-hydroxylation sites is 1. The van der Waals surface area contributed by atoms with Crippen molar-refractivity contribution in [2.24, 2.45) is 0 Å². The third-order valence-corrected chi connectivity index (χ3v) is 4.30. The highest BCUT2D eigenvalue weighted by Crippen LogP contribution is 2.21. The van der Waals surface area contributed by atoms with Crippen LogP contribution in [-0.2, 0) is 4.79 Å². The molecule has 0 radical (unpaired) electrons. The Morgan fingerprint density at radius 1 is 1.43 bits per heavy atom. The molecule has 1 atom stereocenters. The first-order chi connectivity index (χ1) is 10.2. The average molecular weight is 289 g/mol. The zero-order valence-corrected chi connectivity index (χ0v) is 13.4. The minimum absolute atomic E-state index is 0.204. The Morgan fingerprint density at radius 2 is 2.19 bits per heavy atom. The van der Waals surface area contributed by atoms with Crippen molar-refractivity contribution in [3.63, 3.8) is 0 Å². The number of carbonyl (C=O) groups excluding carboxylic acids is 1. The molecule has 116 valence electrons. The first kappa shape index (κ1) is 16.0. The lowest BCUT2D eigenvalue weighted by Gasteiger charge is -2.28. The molecule has 1 aromatic carbocycles. The molecular formula is C17H27N3O. The Balaban J connectivity index is 2.05. The molecule has 0 saturated carbocycles. The van der Waals surface area contributed by atoms with Crippen molar-refractivity contribution in [2.75, 3.05) is 38.1 Å². The van der Waals surface area contributed by atoms with Gasteiger partial charge in [-0.25, -0.2) is 0 Å². The number of anilines is 1. The summed E-state index contributed by atoms with van der Waals surface area (Å²) in [6.07, 6.45) is 2.38. The van der Waals surface area contributed by atoms with E-state index in [2.05, 4.69) is 23.2 Å². The molecule has 1 unspecified atom stereocenters. The van der Waals surface area contributed by atoms with E-state index in [4.69, 9.17) is 0 Å². The Morgan fingerprint density at radius 3 is 2.86 bits per heavy atom.